The number of carbonyl (C=O) groups is 2. The van der Waals surface area contributed by atoms with Gasteiger partial charge in [0, 0.05) is 31.7 Å². The summed E-state index contributed by atoms with van der Waals surface area (Å²) in [6.07, 6.45) is 2.68. The van der Waals surface area contributed by atoms with Gasteiger partial charge in [-0.25, -0.2) is 4.79 Å². The molecule has 5 heteroatoms. The average molecular weight is 387 g/mol. The summed E-state index contributed by atoms with van der Waals surface area (Å²) in [6, 6.07) is 6.81. The van der Waals surface area contributed by atoms with Gasteiger partial charge in [0.05, 0.1) is 0 Å². The molecular formula is C23H34N2O3. The van der Waals surface area contributed by atoms with E-state index in [4.69, 9.17) is 4.74 Å². The number of anilines is 1. The molecule has 28 heavy (non-hydrogen) atoms. The monoisotopic (exact) mass is 386 g/mol. The van der Waals surface area contributed by atoms with E-state index in [1.807, 2.05) is 30.6 Å². The Balaban J connectivity index is 1.71. The van der Waals surface area contributed by atoms with Crippen LogP contribution in [0.5, 0.6) is 0 Å². The van der Waals surface area contributed by atoms with Crippen molar-refractivity contribution in [2.75, 3.05) is 18.0 Å². The second kappa shape index (κ2) is 7.76. The highest BCUT2D eigenvalue weighted by molar-refractivity contribution is 5.93. The lowest BCUT2D eigenvalue weighted by Gasteiger charge is -2.39. The Morgan fingerprint density at radius 2 is 1.75 bits per heavy atom. The molecule has 2 amide bonds. The molecule has 0 spiro atoms. The van der Waals surface area contributed by atoms with Gasteiger partial charge in [0.25, 0.3) is 0 Å². The molecule has 5 nitrogen and oxygen atoms in total. The van der Waals surface area contributed by atoms with E-state index >= 15 is 0 Å². The number of ether oxygens (including phenoxy) is 1. The van der Waals surface area contributed by atoms with Crippen LogP contribution in [0.3, 0.4) is 0 Å². The maximum atomic E-state index is 12.3. The fraction of sp³-hybridized carbons (Fsp3) is 0.652. The van der Waals surface area contributed by atoms with Gasteiger partial charge in [0.1, 0.15) is 5.60 Å². The topological polar surface area (TPSA) is 49.9 Å². The zero-order valence-electron chi connectivity index (χ0n) is 18.1. The van der Waals surface area contributed by atoms with Crippen molar-refractivity contribution in [3.8, 4) is 0 Å². The van der Waals surface area contributed by atoms with E-state index in [1.54, 1.807) is 6.92 Å². The van der Waals surface area contributed by atoms with Crippen LogP contribution in [0, 0.1) is 5.92 Å². The van der Waals surface area contributed by atoms with Gasteiger partial charge in [-0.05, 0) is 76.0 Å². The highest BCUT2D eigenvalue weighted by Crippen LogP contribution is 2.37. The Morgan fingerprint density at radius 3 is 2.32 bits per heavy atom. The molecule has 2 heterocycles. The van der Waals surface area contributed by atoms with Crippen molar-refractivity contribution in [2.24, 2.45) is 5.92 Å². The number of carbonyl (C=O) groups excluding carboxylic acids is 2. The number of amides is 2. The first-order valence-electron chi connectivity index (χ1n) is 10.5. The number of fused-ring (bicyclic) bond motifs is 1. The smallest absolute Gasteiger partial charge is 0.410 e. The molecule has 0 aromatic heterocycles. The maximum absolute atomic E-state index is 12.3. The lowest BCUT2D eigenvalue weighted by atomic mass is 9.83. The molecule has 1 unspecified atom stereocenters. The van der Waals surface area contributed by atoms with Crippen LogP contribution in [0.4, 0.5) is 10.5 Å². The number of likely N-dealkylation sites (tertiary alicyclic amines) is 1. The zero-order chi connectivity index (χ0) is 20.6. The first kappa shape index (κ1) is 20.7. The van der Waals surface area contributed by atoms with E-state index in [9.17, 15) is 9.59 Å². The second-order valence-corrected chi connectivity index (χ2v) is 9.44. The Bertz CT molecular complexity index is 745. The standard InChI is InChI=1S/C23H34N2O3/c1-15-13-20-14-19(7-8-21(20)25(16(15)2)17(3)26)18-9-11-24(12-10-18)22(27)28-23(4,5)6/h7-8,14-16,18H,9-13H2,1-6H3/t15?,16-/m0/s1. The average Bonchev–Trinajstić information content (AvgIpc) is 2.60. The third-order valence-electron chi connectivity index (χ3n) is 6.09. The summed E-state index contributed by atoms with van der Waals surface area (Å²) in [5.41, 5.74) is 3.21. The molecule has 3 rings (SSSR count). The van der Waals surface area contributed by atoms with Crippen molar-refractivity contribution >= 4 is 17.7 Å². The summed E-state index contributed by atoms with van der Waals surface area (Å²) in [6.45, 7) is 13.2. The van der Waals surface area contributed by atoms with Gasteiger partial charge in [-0.15, -0.1) is 0 Å². The quantitative estimate of drug-likeness (QED) is 0.701. The second-order valence-electron chi connectivity index (χ2n) is 9.44. The summed E-state index contributed by atoms with van der Waals surface area (Å²) in [5.74, 6) is 1.00. The first-order valence-corrected chi connectivity index (χ1v) is 10.5. The zero-order valence-corrected chi connectivity index (χ0v) is 18.1. The van der Waals surface area contributed by atoms with Crippen LogP contribution in [-0.2, 0) is 16.0 Å². The van der Waals surface area contributed by atoms with Crippen LogP contribution in [-0.4, -0.2) is 41.6 Å². The summed E-state index contributed by atoms with van der Waals surface area (Å²) in [4.78, 5) is 28.2. The predicted molar refractivity (Wildman–Crippen MR) is 112 cm³/mol. The van der Waals surface area contributed by atoms with Crippen molar-refractivity contribution in [2.45, 2.75) is 78.4 Å². The summed E-state index contributed by atoms with van der Waals surface area (Å²) in [5, 5.41) is 0. The minimum Gasteiger partial charge on any atom is -0.444 e. The molecule has 1 saturated heterocycles. The summed E-state index contributed by atoms with van der Waals surface area (Å²) >= 11 is 0. The number of nitrogens with zero attached hydrogens (tertiary/aromatic N) is 2. The molecule has 0 saturated carbocycles. The highest BCUT2D eigenvalue weighted by Gasteiger charge is 2.32. The fourth-order valence-corrected chi connectivity index (χ4v) is 4.43. The van der Waals surface area contributed by atoms with E-state index in [0.717, 1.165) is 38.0 Å². The maximum Gasteiger partial charge on any atom is 0.410 e. The minimum atomic E-state index is -0.456. The highest BCUT2D eigenvalue weighted by atomic mass is 16.6. The Morgan fingerprint density at radius 1 is 1.11 bits per heavy atom. The molecule has 0 bridgehead atoms. The molecule has 154 valence electrons. The number of benzene rings is 1. The normalized spacial score (nSPS) is 23.4. The van der Waals surface area contributed by atoms with Gasteiger partial charge >= 0.3 is 6.09 Å². The lowest BCUT2D eigenvalue weighted by molar-refractivity contribution is -0.117. The molecule has 0 aliphatic carbocycles. The van der Waals surface area contributed by atoms with Gasteiger partial charge in [-0.1, -0.05) is 19.1 Å². The number of piperidine rings is 1. The molecule has 2 atom stereocenters. The van der Waals surface area contributed by atoms with Gasteiger partial charge in [0.15, 0.2) is 0 Å². The minimum absolute atomic E-state index is 0.110. The van der Waals surface area contributed by atoms with E-state index in [0.29, 0.717) is 11.8 Å². The van der Waals surface area contributed by atoms with Gasteiger partial charge in [0.2, 0.25) is 5.91 Å². The first-order chi connectivity index (χ1) is 13.1. The number of hydrogen-bond acceptors (Lipinski definition) is 3. The van der Waals surface area contributed by atoms with Gasteiger partial charge in [-0.2, -0.15) is 0 Å². The van der Waals surface area contributed by atoms with Crippen LogP contribution in [0.2, 0.25) is 0 Å². The molecule has 1 fully saturated rings. The van der Waals surface area contributed by atoms with Crippen LogP contribution >= 0.6 is 0 Å². The molecule has 1 aromatic carbocycles. The van der Waals surface area contributed by atoms with Crippen LogP contribution in [0.1, 0.15) is 71.4 Å². The lowest BCUT2D eigenvalue weighted by Crippen LogP contribution is -2.45. The Labute approximate surface area is 169 Å². The van der Waals surface area contributed by atoms with E-state index in [2.05, 4.69) is 32.0 Å². The molecular weight excluding hydrogens is 352 g/mol. The number of rotatable bonds is 1. The van der Waals surface area contributed by atoms with Crippen molar-refractivity contribution in [3.63, 3.8) is 0 Å². The van der Waals surface area contributed by atoms with E-state index in [1.165, 1.54) is 11.1 Å². The fourth-order valence-electron chi connectivity index (χ4n) is 4.43. The largest absolute Gasteiger partial charge is 0.444 e. The summed E-state index contributed by atoms with van der Waals surface area (Å²) in [7, 11) is 0. The molecule has 1 aromatic rings. The van der Waals surface area contributed by atoms with Crippen LogP contribution in [0.15, 0.2) is 18.2 Å². The predicted octanol–water partition coefficient (Wildman–Crippen LogP) is 4.73. The number of hydrogen-bond donors (Lipinski definition) is 0. The Kier molecular flexibility index (Phi) is 5.74. The molecule has 0 radical (unpaired) electrons. The molecule has 2 aliphatic heterocycles. The third-order valence-corrected chi connectivity index (χ3v) is 6.09. The van der Waals surface area contributed by atoms with Crippen molar-refractivity contribution in [1.82, 2.24) is 4.90 Å². The van der Waals surface area contributed by atoms with Gasteiger partial charge in [-0.3, -0.25) is 4.79 Å². The molecule has 2 aliphatic rings. The van der Waals surface area contributed by atoms with Crippen LogP contribution < -0.4 is 4.90 Å². The van der Waals surface area contributed by atoms with Crippen LogP contribution in [0.25, 0.3) is 0 Å². The van der Waals surface area contributed by atoms with Crippen molar-refractivity contribution in [1.29, 1.82) is 0 Å². The van der Waals surface area contributed by atoms with Crippen molar-refractivity contribution in [3.05, 3.63) is 29.3 Å². The van der Waals surface area contributed by atoms with E-state index < -0.39 is 5.60 Å². The summed E-state index contributed by atoms with van der Waals surface area (Å²) < 4.78 is 5.50. The molecule has 0 N–H and O–H groups in total. The van der Waals surface area contributed by atoms with Gasteiger partial charge < -0.3 is 14.5 Å². The SMILES string of the molecule is CC(=O)N1c2ccc(C3CCN(C(=O)OC(C)(C)C)CC3)cc2CC(C)[C@@H]1C. The van der Waals surface area contributed by atoms with E-state index in [-0.39, 0.29) is 18.0 Å². The third kappa shape index (κ3) is 4.34. The Hall–Kier alpha value is -2.04. The van der Waals surface area contributed by atoms with Crippen molar-refractivity contribution < 1.29 is 14.3 Å².